The van der Waals surface area contributed by atoms with Crippen LogP contribution in [0.15, 0.2) is 12.2 Å². The maximum absolute atomic E-state index is 12.4. The highest BCUT2D eigenvalue weighted by atomic mass is 16.5. The van der Waals surface area contributed by atoms with E-state index in [9.17, 15) is 19.8 Å². The molecular formula is C51H99NO5. The van der Waals surface area contributed by atoms with E-state index < -0.39 is 12.1 Å². The number of hydrogen-bond acceptors (Lipinski definition) is 5. The summed E-state index contributed by atoms with van der Waals surface area (Å²) in [5.74, 6) is -0.0587. The number of ether oxygens (including phenoxy) is 1. The molecule has 0 saturated carbocycles. The summed E-state index contributed by atoms with van der Waals surface area (Å²) in [5.41, 5.74) is 0. The number of esters is 1. The van der Waals surface area contributed by atoms with Gasteiger partial charge in [0.25, 0.3) is 0 Å². The maximum Gasteiger partial charge on any atom is 0.305 e. The summed E-state index contributed by atoms with van der Waals surface area (Å²) in [6.45, 7) is 4.90. The van der Waals surface area contributed by atoms with Crippen molar-refractivity contribution in [1.29, 1.82) is 0 Å². The van der Waals surface area contributed by atoms with Gasteiger partial charge in [0.2, 0.25) is 5.91 Å². The molecule has 0 radical (unpaired) electrons. The second-order valence-corrected chi connectivity index (χ2v) is 17.5. The lowest BCUT2D eigenvalue weighted by Crippen LogP contribution is -2.45. The van der Waals surface area contributed by atoms with Crippen molar-refractivity contribution < 1.29 is 24.5 Å². The summed E-state index contributed by atoms with van der Waals surface area (Å²) >= 11 is 0. The Hall–Kier alpha value is -1.40. The van der Waals surface area contributed by atoms with Crippen LogP contribution >= 0.6 is 0 Å². The lowest BCUT2D eigenvalue weighted by molar-refractivity contribution is -0.143. The molecule has 0 aliphatic heterocycles. The molecule has 0 aromatic heterocycles. The molecule has 0 bridgehead atoms. The Morgan fingerprint density at radius 3 is 1.25 bits per heavy atom. The van der Waals surface area contributed by atoms with Crippen LogP contribution in [0.3, 0.4) is 0 Å². The molecule has 2 unspecified atom stereocenters. The van der Waals surface area contributed by atoms with Crippen molar-refractivity contribution in [2.45, 2.75) is 289 Å². The highest BCUT2D eigenvalue weighted by molar-refractivity contribution is 5.76. The molecule has 338 valence electrons. The van der Waals surface area contributed by atoms with Crippen molar-refractivity contribution in [2.75, 3.05) is 13.2 Å². The average Bonchev–Trinajstić information content (AvgIpc) is 3.21. The number of aliphatic hydroxyl groups is 2. The molecule has 0 spiro atoms. The molecule has 0 aromatic carbocycles. The van der Waals surface area contributed by atoms with E-state index in [-0.39, 0.29) is 18.5 Å². The minimum absolute atomic E-state index is 0.00859. The molecule has 57 heavy (non-hydrogen) atoms. The highest BCUT2D eigenvalue weighted by Crippen LogP contribution is 2.16. The first-order valence-corrected chi connectivity index (χ1v) is 25.4. The van der Waals surface area contributed by atoms with Crippen molar-refractivity contribution in [1.82, 2.24) is 5.32 Å². The number of carbonyl (C=O) groups excluding carboxylic acids is 2. The second-order valence-electron chi connectivity index (χ2n) is 17.5. The number of nitrogens with one attached hydrogen (secondary N) is 1. The number of amides is 1. The third-order valence-electron chi connectivity index (χ3n) is 11.8. The summed E-state index contributed by atoms with van der Waals surface area (Å²) in [6, 6.07) is -0.548. The Bertz CT molecular complexity index is 847. The van der Waals surface area contributed by atoms with Crippen LogP contribution in [-0.4, -0.2) is 47.4 Å². The van der Waals surface area contributed by atoms with Gasteiger partial charge in [0.05, 0.1) is 25.4 Å². The van der Waals surface area contributed by atoms with Gasteiger partial charge in [-0.25, -0.2) is 0 Å². The quantitative estimate of drug-likeness (QED) is 0.0323. The topological polar surface area (TPSA) is 95.9 Å². The van der Waals surface area contributed by atoms with E-state index in [1.807, 2.05) is 0 Å². The summed E-state index contributed by atoms with van der Waals surface area (Å²) in [4.78, 5) is 24.4. The third-order valence-corrected chi connectivity index (χ3v) is 11.8. The van der Waals surface area contributed by atoms with Crippen molar-refractivity contribution in [2.24, 2.45) is 0 Å². The van der Waals surface area contributed by atoms with Crippen molar-refractivity contribution >= 4 is 11.9 Å². The summed E-state index contributed by atoms with van der Waals surface area (Å²) in [6.07, 6.45) is 53.3. The Morgan fingerprint density at radius 1 is 0.474 bits per heavy atom. The van der Waals surface area contributed by atoms with Gasteiger partial charge < -0.3 is 20.3 Å². The lowest BCUT2D eigenvalue weighted by atomic mass is 10.0. The Kier molecular flexibility index (Phi) is 46.1. The Balaban J connectivity index is 3.40. The summed E-state index contributed by atoms with van der Waals surface area (Å²) < 4.78 is 5.47. The molecule has 3 N–H and O–H groups in total. The van der Waals surface area contributed by atoms with Gasteiger partial charge in [-0.15, -0.1) is 0 Å². The van der Waals surface area contributed by atoms with Crippen molar-refractivity contribution in [3.63, 3.8) is 0 Å². The van der Waals surface area contributed by atoms with Gasteiger partial charge in [0, 0.05) is 12.8 Å². The van der Waals surface area contributed by atoms with E-state index >= 15 is 0 Å². The van der Waals surface area contributed by atoms with Gasteiger partial charge in [-0.3, -0.25) is 9.59 Å². The van der Waals surface area contributed by atoms with E-state index in [1.54, 1.807) is 0 Å². The standard InChI is InChI=1S/C51H99NO5/c1-3-5-7-9-11-13-14-15-16-17-18-19-22-25-29-33-37-41-45-51(56)57-46-42-38-34-30-26-23-20-21-24-28-32-36-40-44-50(55)52-48(47-53)49(54)43-39-35-31-27-12-10-8-6-4-2/h16-17,48-49,53-54H,3-15,18-47H2,1-2H3,(H,52,55)/b17-16-. The maximum atomic E-state index is 12.4. The predicted molar refractivity (Wildman–Crippen MR) is 246 cm³/mol. The lowest BCUT2D eigenvalue weighted by Gasteiger charge is -2.22. The van der Waals surface area contributed by atoms with Crippen LogP contribution in [0.4, 0.5) is 0 Å². The van der Waals surface area contributed by atoms with Gasteiger partial charge in [-0.1, -0.05) is 225 Å². The molecule has 0 aliphatic carbocycles. The fraction of sp³-hybridized carbons (Fsp3) is 0.922. The van der Waals surface area contributed by atoms with E-state index in [2.05, 4.69) is 31.3 Å². The van der Waals surface area contributed by atoms with Crippen LogP contribution in [0.1, 0.15) is 277 Å². The molecule has 0 aliphatic rings. The van der Waals surface area contributed by atoms with Crippen LogP contribution in [-0.2, 0) is 14.3 Å². The number of unbranched alkanes of at least 4 members (excludes halogenated alkanes) is 34. The van der Waals surface area contributed by atoms with E-state index in [1.165, 1.54) is 193 Å². The monoisotopic (exact) mass is 806 g/mol. The number of rotatable bonds is 47. The molecule has 0 saturated heterocycles. The van der Waals surface area contributed by atoms with Crippen molar-refractivity contribution in [3.05, 3.63) is 12.2 Å². The zero-order chi connectivity index (χ0) is 41.5. The molecular weight excluding hydrogens is 707 g/mol. The zero-order valence-corrected chi connectivity index (χ0v) is 38.3. The molecule has 0 rings (SSSR count). The van der Waals surface area contributed by atoms with Gasteiger partial charge in [0.1, 0.15) is 0 Å². The van der Waals surface area contributed by atoms with Crippen LogP contribution < -0.4 is 5.32 Å². The minimum Gasteiger partial charge on any atom is -0.466 e. The molecule has 0 fully saturated rings. The van der Waals surface area contributed by atoms with Crippen LogP contribution in [0, 0.1) is 0 Å². The van der Waals surface area contributed by atoms with Gasteiger partial charge in [-0.2, -0.15) is 0 Å². The molecule has 0 heterocycles. The number of allylic oxidation sites excluding steroid dienone is 2. The third kappa shape index (κ3) is 44.0. The smallest absolute Gasteiger partial charge is 0.305 e. The number of carbonyl (C=O) groups is 2. The Labute approximate surface area is 355 Å². The van der Waals surface area contributed by atoms with Crippen LogP contribution in [0.2, 0.25) is 0 Å². The second kappa shape index (κ2) is 47.3. The van der Waals surface area contributed by atoms with Crippen molar-refractivity contribution in [3.8, 4) is 0 Å². The normalized spacial score (nSPS) is 12.7. The first-order chi connectivity index (χ1) is 28.0. The Morgan fingerprint density at radius 2 is 0.825 bits per heavy atom. The predicted octanol–water partition coefficient (Wildman–Crippen LogP) is 15.0. The average molecular weight is 806 g/mol. The molecule has 0 aromatic rings. The van der Waals surface area contributed by atoms with E-state index in [0.29, 0.717) is 25.9 Å². The van der Waals surface area contributed by atoms with Gasteiger partial charge in [-0.05, 0) is 51.4 Å². The van der Waals surface area contributed by atoms with Crippen LogP contribution in [0.5, 0.6) is 0 Å². The van der Waals surface area contributed by atoms with E-state index in [4.69, 9.17) is 4.74 Å². The SMILES string of the molecule is CCCCCCCCC/C=C\CCCCCCCCCC(=O)OCCCCCCCCCCCCCCCC(=O)NC(CO)C(O)CCCCCCCCCCC. The fourth-order valence-electron chi connectivity index (χ4n) is 7.87. The van der Waals surface area contributed by atoms with Gasteiger partial charge >= 0.3 is 5.97 Å². The first-order valence-electron chi connectivity index (χ1n) is 25.4. The summed E-state index contributed by atoms with van der Waals surface area (Å²) in [5, 5.41) is 23.0. The highest BCUT2D eigenvalue weighted by Gasteiger charge is 2.20. The molecule has 6 heteroatoms. The van der Waals surface area contributed by atoms with Gasteiger partial charge in [0.15, 0.2) is 0 Å². The zero-order valence-electron chi connectivity index (χ0n) is 38.3. The minimum atomic E-state index is -0.670. The van der Waals surface area contributed by atoms with E-state index in [0.717, 1.165) is 51.4 Å². The molecule has 1 amide bonds. The van der Waals surface area contributed by atoms with Crippen LogP contribution in [0.25, 0.3) is 0 Å². The molecule has 6 nitrogen and oxygen atoms in total. The number of hydrogen-bond donors (Lipinski definition) is 3. The molecule has 2 atom stereocenters. The largest absolute Gasteiger partial charge is 0.466 e. The summed E-state index contributed by atoms with van der Waals surface area (Å²) in [7, 11) is 0. The first kappa shape index (κ1) is 55.6. The fourth-order valence-corrected chi connectivity index (χ4v) is 7.87. The number of aliphatic hydroxyl groups excluding tert-OH is 2.